The molecule has 0 aromatic heterocycles. The molecule has 1 N–H and O–H groups in total. The molecule has 0 atom stereocenters. The van der Waals surface area contributed by atoms with Crippen LogP contribution in [0.5, 0.6) is 0 Å². The highest BCUT2D eigenvalue weighted by molar-refractivity contribution is 5.89. The Morgan fingerprint density at radius 1 is 1.19 bits per heavy atom. The molecule has 27 heavy (non-hydrogen) atoms. The predicted octanol–water partition coefficient (Wildman–Crippen LogP) is 5.16. The van der Waals surface area contributed by atoms with Crippen molar-refractivity contribution < 1.29 is 18.0 Å². The molecule has 1 aliphatic rings. The first-order chi connectivity index (χ1) is 12.9. The maximum absolute atomic E-state index is 12.9. The van der Waals surface area contributed by atoms with Crippen molar-refractivity contribution in [2.75, 3.05) is 5.32 Å². The summed E-state index contributed by atoms with van der Waals surface area (Å²) in [4.78, 5) is 14.3. The lowest BCUT2D eigenvalue weighted by Crippen LogP contribution is -2.45. The zero-order valence-electron chi connectivity index (χ0n) is 14.5. The number of halogens is 3. The second kappa shape index (κ2) is 7.70. The van der Waals surface area contributed by atoms with Gasteiger partial charge in [0.25, 0.3) is 0 Å². The lowest BCUT2D eigenvalue weighted by molar-refractivity contribution is -0.137. The first-order valence-electron chi connectivity index (χ1n) is 8.61. The van der Waals surface area contributed by atoms with Crippen LogP contribution in [0.3, 0.4) is 0 Å². The molecule has 1 fully saturated rings. The largest absolute Gasteiger partial charge is 0.416 e. The summed E-state index contributed by atoms with van der Waals surface area (Å²) in [5.41, 5.74) is 0.730. The number of benzene rings is 2. The van der Waals surface area contributed by atoms with Gasteiger partial charge in [-0.1, -0.05) is 12.1 Å². The van der Waals surface area contributed by atoms with Crippen LogP contribution in [-0.4, -0.2) is 17.0 Å². The summed E-state index contributed by atoms with van der Waals surface area (Å²) < 4.78 is 38.8. The number of alkyl halides is 3. The van der Waals surface area contributed by atoms with Gasteiger partial charge in [0.05, 0.1) is 17.2 Å². The second-order valence-electron chi connectivity index (χ2n) is 6.53. The van der Waals surface area contributed by atoms with Crippen molar-refractivity contribution in [3.8, 4) is 6.07 Å². The summed E-state index contributed by atoms with van der Waals surface area (Å²) in [5.74, 6) is 0. The van der Waals surface area contributed by atoms with Gasteiger partial charge in [0, 0.05) is 18.3 Å². The summed E-state index contributed by atoms with van der Waals surface area (Å²) in [7, 11) is 0. The fourth-order valence-electron chi connectivity index (χ4n) is 2.93. The summed E-state index contributed by atoms with van der Waals surface area (Å²) in [6.45, 7) is 0.108. The predicted molar refractivity (Wildman–Crippen MR) is 94.8 cm³/mol. The topological polar surface area (TPSA) is 56.1 Å². The second-order valence-corrected chi connectivity index (χ2v) is 6.53. The number of nitriles is 1. The Balaban J connectivity index is 1.76. The van der Waals surface area contributed by atoms with Gasteiger partial charge >= 0.3 is 12.2 Å². The van der Waals surface area contributed by atoms with Gasteiger partial charge in [0.1, 0.15) is 0 Å². The molecule has 4 nitrogen and oxygen atoms in total. The summed E-state index contributed by atoms with van der Waals surface area (Å²) in [6, 6.07) is 13.1. The Hall–Kier alpha value is -3.01. The van der Waals surface area contributed by atoms with Crippen LogP contribution in [0.15, 0.2) is 48.5 Å². The van der Waals surface area contributed by atoms with E-state index < -0.39 is 11.7 Å². The number of hydrogen-bond donors (Lipinski definition) is 1. The molecule has 0 bridgehead atoms. The Morgan fingerprint density at radius 3 is 2.44 bits per heavy atom. The van der Waals surface area contributed by atoms with Gasteiger partial charge in [-0.05, 0) is 61.2 Å². The van der Waals surface area contributed by atoms with E-state index in [1.54, 1.807) is 35.2 Å². The van der Waals surface area contributed by atoms with Crippen LogP contribution in [0.1, 0.15) is 36.0 Å². The van der Waals surface area contributed by atoms with Gasteiger partial charge in [-0.25, -0.2) is 4.79 Å². The van der Waals surface area contributed by atoms with E-state index >= 15 is 0 Å². The standard InChI is InChI=1S/C20H18F3N3O/c21-20(22,23)16-4-1-3-15(11-16)13-26(18-5-2-6-18)19(27)25-17-9-7-14(12-24)8-10-17/h1,3-4,7-11,18H,2,5-6,13H2,(H,25,27). The molecule has 2 aromatic rings. The van der Waals surface area contributed by atoms with Gasteiger partial charge in [-0.2, -0.15) is 18.4 Å². The highest BCUT2D eigenvalue weighted by atomic mass is 19.4. The van der Waals surface area contributed by atoms with Crippen molar-refractivity contribution in [3.05, 3.63) is 65.2 Å². The minimum Gasteiger partial charge on any atom is -0.317 e. The Labute approximate surface area is 155 Å². The molecule has 7 heteroatoms. The van der Waals surface area contributed by atoms with Crippen LogP contribution < -0.4 is 5.32 Å². The monoisotopic (exact) mass is 373 g/mol. The van der Waals surface area contributed by atoms with E-state index in [2.05, 4.69) is 5.32 Å². The quantitative estimate of drug-likeness (QED) is 0.804. The molecule has 0 radical (unpaired) electrons. The number of amides is 2. The van der Waals surface area contributed by atoms with Crippen molar-refractivity contribution in [3.63, 3.8) is 0 Å². The lowest BCUT2D eigenvalue weighted by atomic mass is 9.91. The summed E-state index contributed by atoms with van der Waals surface area (Å²) >= 11 is 0. The molecule has 140 valence electrons. The van der Waals surface area contributed by atoms with Gasteiger partial charge in [-0.3, -0.25) is 0 Å². The van der Waals surface area contributed by atoms with Crippen LogP contribution >= 0.6 is 0 Å². The number of carbonyl (C=O) groups is 1. The molecule has 0 heterocycles. The first kappa shape index (κ1) is 18.8. The Kier molecular flexibility index (Phi) is 5.36. The average molecular weight is 373 g/mol. The molecule has 0 aliphatic heterocycles. The maximum atomic E-state index is 12.9. The van der Waals surface area contributed by atoms with E-state index in [4.69, 9.17) is 5.26 Å². The molecule has 0 saturated heterocycles. The highest BCUT2D eigenvalue weighted by Crippen LogP contribution is 2.31. The fourth-order valence-corrected chi connectivity index (χ4v) is 2.93. The van der Waals surface area contributed by atoms with Crippen molar-refractivity contribution in [2.45, 2.75) is 38.0 Å². The van der Waals surface area contributed by atoms with E-state index in [0.717, 1.165) is 31.4 Å². The van der Waals surface area contributed by atoms with Crippen LogP contribution in [0.4, 0.5) is 23.7 Å². The molecule has 2 amide bonds. The molecule has 2 aromatic carbocycles. The van der Waals surface area contributed by atoms with Crippen molar-refractivity contribution in [2.24, 2.45) is 0 Å². The number of urea groups is 1. The van der Waals surface area contributed by atoms with Gasteiger partial charge in [-0.15, -0.1) is 0 Å². The van der Waals surface area contributed by atoms with Crippen molar-refractivity contribution in [1.29, 1.82) is 5.26 Å². The molecule has 0 unspecified atom stereocenters. The smallest absolute Gasteiger partial charge is 0.317 e. The third-order valence-corrected chi connectivity index (χ3v) is 4.65. The van der Waals surface area contributed by atoms with Crippen LogP contribution in [-0.2, 0) is 12.7 Å². The van der Waals surface area contributed by atoms with Crippen LogP contribution in [0.2, 0.25) is 0 Å². The van der Waals surface area contributed by atoms with E-state index in [9.17, 15) is 18.0 Å². The molecule has 1 aliphatic carbocycles. The zero-order valence-corrected chi connectivity index (χ0v) is 14.5. The maximum Gasteiger partial charge on any atom is 0.416 e. The minimum absolute atomic E-state index is 0.0120. The highest BCUT2D eigenvalue weighted by Gasteiger charge is 2.32. The van der Waals surface area contributed by atoms with Crippen molar-refractivity contribution in [1.82, 2.24) is 4.90 Å². The first-order valence-corrected chi connectivity index (χ1v) is 8.61. The van der Waals surface area contributed by atoms with E-state index in [-0.39, 0.29) is 18.6 Å². The number of nitrogens with zero attached hydrogens (tertiary/aromatic N) is 2. The van der Waals surface area contributed by atoms with Gasteiger partial charge in [0.2, 0.25) is 0 Å². The molecule has 1 saturated carbocycles. The molecule has 3 rings (SSSR count). The molecule has 0 spiro atoms. The Bertz CT molecular complexity index is 852. The average Bonchev–Trinajstić information content (AvgIpc) is 2.60. The van der Waals surface area contributed by atoms with Gasteiger partial charge in [0.15, 0.2) is 0 Å². The SMILES string of the molecule is N#Cc1ccc(NC(=O)N(Cc2cccc(C(F)(F)F)c2)C2CCC2)cc1. The number of anilines is 1. The van der Waals surface area contributed by atoms with Gasteiger partial charge < -0.3 is 10.2 Å². The molecular formula is C20H18F3N3O. The third kappa shape index (κ3) is 4.59. The minimum atomic E-state index is -4.41. The number of rotatable bonds is 4. The third-order valence-electron chi connectivity index (χ3n) is 4.65. The van der Waals surface area contributed by atoms with Crippen molar-refractivity contribution >= 4 is 11.7 Å². The molecular weight excluding hydrogens is 355 g/mol. The fraction of sp³-hybridized carbons (Fsp3) is 0.300. The normalized spacial score (nSPS) is 14.1. The number of carbonyl (C=O) groups excluding carboxylic acids is 1. The Morgan fingerprint density at radius 2 is 1.89 bits per heavy atom. The summed E-state index contributed by atoms with van der Waals surface area (Å²) in [6.07, 6.45) is -1.75. The van der Waals surface area contributed by atoms with Crippen LogP contribution in [0, 0.1) is 11.3 Å². The number of nitrogens with one attached hydrogen (secondary N) is 1. The summed E-state index contributed by atoms with van der Waals surface area (Å²) in [5, 5.41) is 11.6. The lowest BCUT2D eigenvalue weighted by Gasteiger charge is -2.37. The van der Waals surface area contributed by atoms with E-state index in [1.165, 1.54) is 6.07 Å². The van der Waals surface area contributed by atoms with E-state index in [0.29, 0.717) is 16.8 Å². The van der Waals surface area contributed by atoms with Crippen LogP contribution in [0.25, 0.3) is 0 Å². The van der Waals surface area contributed by atoms with E-state index in [1.807, 2.05) is 6.07 Å². The zero-order chi connectivity index (χ0) is 19.4. The number of hydrogen-bond acceptors (Lipinski definition) is 2.